The standard InChI is InChI=1S/C16H29N5.Cd.2ClHO4/c1-2-9-20-16(5-1)15-21-13-4-8-18-11-10-17-6-3-7-19-12-14-21;;2*2-1(3,4)5/h1-2,5,9,17-19H,3-4,6-8,10-15H2;;2*(H,2,3,4,5)/q;+2;;/p-2. The molecule has 3 N–H and O–H groups in total. The Morgan fingerprint density at radius 1 is 0.719 bits per heavy atom. The van der Waals surface area contributed by atoms with Gasteiger partial charge in [-0.1, -0.05) is 6.07 Å². The quantitative estimate of drug-likeness (QED) is 0.267. The summed E-state index contributed by atoms with van der Waals surface area (Å²) >= 11 is 0. The average molecular weight is 603 g/mol. The van der Waals surface area contributed by atoms with Gasteiger partial charge in [0, 0.05) is 38.9 Å². The van der Waals surface area contributed by atoms with E-state index in [1.807, 2.05) is 12.3 Å². The van der Waals surface area contributed by atoms with Crippen molar-refractivity contribution in [3.05, 3.63) is 30.1 Å². The van der Waals surface area contributed by atoms with Crippen LogP contribution in [0.25, 0.3) is 0 Å². The zero-order chi connectivity index (χ0) is 23.6. The van der Waals surface area contributed by atoms with E-state index in [0.717, 1.165) is 64.6 Å². The zero-order valence-corrected chi connectivity index (χ0v) is 23.3. The maximum absolute atomic E-state index is 8.49. The monoisotopic (exact) mass is 603 g/mol. The second-order valence-electron chi connectivity index (χ2n) is 6.31. The molecular weight excluding hydrogens is 574 g/mol. The summed E-state index contributed by atoms with van der Waals surface area (Å²) in [5, 5.41) is 10.5. The second-order valence-corrected chi connectivity index (χ2v) is 7.82. The normalized spacial score (nSPS) is 17.4. The first kappa shape index (κ1) is 34.3. The molecule has 2 rings (SSSR count). The fourth-order valence-corrected chi connectivity index (χ4v) is 2.55. The predicted octanol–water partition coefficient (Wildman–Crippen LogP) is -9.07. The number of halogens is 2. The summed E-state index contributed by atoms with van der Waals surface area (Å²) in [6.45, 7) is 9.64. The Hall–Kier alpha value is 0.172. The SMILES string of the molecule is [Cd+2].[O-][Cl+3]([O-])([O-])[O-].[O-][Cl+3]([O-])([O-])[O-].c1ccc(CN2CCCNCCNCCCNCC2)nc1. The van der Waals surface area contributed by atoms with Crippen molar-refractivity contribution in [3.63, 3.8) is 0 Å². The first-order chi connectivity index (χ1) is 14.4. The third kappa shape index (κ3) is 32.4. The van der Waals surface area contributed by atoms with Crippen molar-refractivity contribution in [2.75, 3.05) is 52.4 Å². The Balaban J connectivity index is 0. The van der Waals surface area contributed by atoms with E-state index >= 15 is 0 Å². The topological polar surface area (TPSA) is 237 Å². The Morgan fingerprint density at radius 3 is 1.72 bits per heavy atom. The van der Waals surface area contributed by atoms with Gasteiger partial charge in [0.1, 0.15) is 0 Å². The molecule has 0 saturated carbocycles. The summed E-state index contributed by atoms with van der Waals surface area (Å²) in [4.78, 5) is 6.94. The van der Waals surface area contributed by atoms with Gasteiger partial charge in [0.15, 0.2) is 0 Å². The minimum Gasteiger partial charge on any atom is -0.315 e. The van der Waals surface area contributed by atoms with Crippen molar-refractivity contribution >= 4 is 0 Å². The molecule has 0 amide bonds. The van der Waals surface area contributed by atoms with Crippen LogP contribution in [0.5, 0.6) is 0 Å². The minimum atomic E-state index is -4.94. The van der Waals surface area contributed by atoms with Gasteiger partial charge >= 0.3 is 27.3 Å². The number of hydrogen-bond acceptors (Lipinski definition) is 13. The van der Waals surface area contributed by atoms with Crippen LogP contribution in [0, 0.1) is 20.5 Å². The number of aromatic nitrogens is 1. The number of rotatable bonds is 2. The first-order valence-electron chi connectivity index (χ1n) is 9.43. The third-order valence-electron chi connectivity index (χ3n) is 3.73. The molecule has 0 atom stereocenters. The molecule has 0 bridgehead atoms. The number of nitrogens with zero attached hydrogens (tertiary/aromatic N) is 2. The molecule has 16 heteroatoms. The number of pyridine rings is 1. The zero-order valence-electron chi connectivity index (χ0n) is 17.7. The number of hydrogen-bond donors (Lipinski definition) is 3. The summed E-state index contributed by atoms with van der Waals surface area (Å²) in [5.41, 5.74) is 1.16. The van der Waals surface area contributed by atoms with E-state index in [2.05, 4.69) is 38.0 Å². The van der Waals surface area contributed by atoms with Gasteiger partial charge in [0.05, 0.1) is 5.69 Å². The van der Waals surface area contributed by atoms with Crippen molar-refractivity contribution in [3.8, 4) is 0 Å². The number of nitrogens with one attached hydrogen (secondary N) is 3. The van der Waals surface area contributed by atoms with Crippen LogP contribution in [0.2, 0.25) is 0 Å². The van der Waals surface area contributed by atoms with Crippen molar-refractivity contribution in [2.45, 2.75) is 19.4 Å². The van der Waals surface area contributed by atoms with E-state index in [1.54, 1.807) is 0 Å². The van der Waals surface area contributed by atoms with Crippen LogP contribution in [0.1, 0.15) is 18.5 Å². The van der Waals surface area contributed by atoms with Gasteiger partial charge in [-0.2, -0.15) is 0 Å². The van der Waals surface area contributed by atoms with Crippen LogP contribution in [0.4, 0.5) is 0 Å². The van der Waals surface area contributed by atoms with Crippen LogP contribution >= 0.6 is 0 Å². The van der Waals surface area contributed by atoms with Crippen LogP contribution in [-0.2, 0) is 33.8 Å². The fraction of sp³-hybridized carbons (Fsp3) is 0.688. The molecule has 0 unspecified atom stereocenters. The minimum absolute atomic E-state index is 0. The van der Waals surface area contributed by atoms with Gasteiger partial charge in [0.25, 0.3) is 0 Å². The summed E-state index contributed by atoms with van der Waals surface area (Å²) in [6, 6.07) is 6.16. The molecule has 0 radical (unpaired) electrons. The molecule has 2 heterocycles. The third-order valence-corrected chi connectivity index (χ3v) is 3.73. The molecule has 182 valence electrons. The Morgan fingerprint density at radius 2 is 1.22 bits per heavy atom. The van der Waals surface area contributed by atoms with Gasteiger partial charge in [-0.25, -0.2) is 37.3 Å². The van der Waals surface area contributed by atoms with Gasteiger partial charge in [0.2, 0.25) is 0 Å². The summed E-state index contributed by atoms with van der Waals surface area (Å²) < 4.78 is 67.9. The first-order valence-corrected chi connectivity index (χ1v) is 11.9. The van der Waals surface area contributed by atoms with Crippen LogP contribution in [0.3, 0.4) is 0 Å². The molecule has 1 fully saturated rings. The second kappa shape index (κ2) is 20.5. The largest absolute Gasteiger partial charge is 2.00 e. The van der Waals surface area contributed by atoms with E-state index in [1.165, 1.54) is 12.8 Å². The van der Waals surface area contributed by atoms with E-state index in [4.69, 9.17) is 37.3 Å². The smallest absolute Gasteiger partial charge is 0.315 e. The molecule has 0 aliphatic carbocycles. The van der Waals surface area contributed by atoms with Gasteiger partial charge < -0.3 is 16.0 Å². The predicted molar refractivity (Wildman–Crippen MR) is 87.4 cm³/mol. The van der Waals surface area contributed by atoms with Crippen molar-refractivity contribution < 1.29 is 85.1 Å². The summed E-state index contributed by atoms with van der Waals surface area (Å²) in [5.74, 6) is 0. The molecule has 1 aromatic rings. The molecule has 1 saturated heterocycles. The molecule has 0 aromatic carbocycles. The molecule has 1 aliphatic rings. The molecule has 1 aliphatic heterocycles. The summed E-state index contributed by atoms with van der Waals surface area (Å²) in [7, 11) is -9.89. The Labute approximate surface area is 212 Å². The van der Waals surface area contributed by atoms with Crippen LogP contribution in [-0.4, -0.2) is 62.2 Å². The van der Waals surface area contributed by atoms with Crippen molar-refractivity contribution in [1.82, 2.24) is 25.8 Å². The van der Waals surface area contributed by atoms with E-state index in [-0.39, 0.29) is 27.3 Å². The molecule has 0 spiro atoms. The molecule has 1 aromatic heterocycles. The van der Waals surface area contributed by atoms with E-state index < -0.39 is 20.5 Å². The van der Waals surface area contributed by atoms with Gasteiger partial charge in [-0.15, -0.1) is 20.5 Å². The maximum Gasteiger partial charge on any atom is 2.00 e. The van der Waals surface area contributed by atoms with Gasteiger partial charge in [-0.3, -0.25) is 9.88 Å². The van der Waals surface area contributed by atoms with Gasteiger partial charge in [-0.05, 0) is 51.2 Å². The molecule has 32 heavy (non-hydrogen) atoms. The Bertz CT molecular complexity index is 505. The molecule has 13 nitrogen and oxygen atoms in total. The van der Waals surface area contributed by atoms with E-state index in [9.17, 15) is 0 Å². The summed E-state index contributed by atoms with van der Waals surface area (Å²) in [6.07, 6.45) is 4.26. The average Bonchev–Trinajstić information content (AvgIpc) is 2.63. The van der Waals surface area contributed by atoms with Crippen LogP contribution < -0.4 is 53.2 Å². The maximum atomic E-state index is 8.49. The van der Waals surface area contributed by atoms with Crippen LogP contribution in [0.15, 0.2) is 24.4 Å². The van der Waals surface area contributed by atoms with E-state index in [0.29, 0.717) is 0 Å². The fourth-order valence-electron chi connectivity index (χ4n) is 2.55. The van der Waals surface area contributed by atoms with Crippen molar-refractivity contribution in [1.29, 1.82) is 0 Å². The van der Waals surface area contributed by atoms with Crippen molar-refractivity contribution in [2.24, 2.45) is 0 Å². The molecular formula is C16H29CdCl2N5O8. The Kier molecular flexibility index (Phi) is 22.0.